The third-order valence-corrected chi connectivity index (χ3v) is 5.83. The number of halogens is 1. The van der Waals surface area contributed by atoms with Gasteiger partial charge in [-0.1, -0.05) is 12.1 Å². The quantitative estimate of drug-likeness (QED) is 0.449. The molecule has 2 N–H and O–H groups in total. The van der Waals surface area contributed by atoms with Gasteiger partial charge >= 0.3 is 6.09 Å². The average molecular weight is 481 g/mol. The van der Waals surface area contributed by atoms with E-state index in [0.717, 1.165) is 23.1 Å². The van der Waals surface area contributed by atoms with E-state index < -0.39 is 13.0 Å². The molecule has 1 fully saturated rings. The lowest BCUT2D eigenvalue weighted by atomic mass is 10.0. The Kier molecular flexibility index (Phi) is 6.57. The lowest BCUT2D eigenvalue weighted by Gasteiger charge is -2.17. The summed E-state index contributed by atoms with van der Waals surface area (Å²) in [7, 11) is 0. The third-order valence-electron chi connectivity index (χ3n) is 5.83. The van der Waals surface area contributed by atoms with Crippen LogP contribution in [0.1, 0.15) is 23.8 Å². The molecular weight excluding hydrogens is 457 g/mol. The normalized spacial score (nSPS) is 17.1. The number of rotatable bonds is 9. The number of hydrogen-bond acceptors (Lipinski definition) is 8. The molecule has 1 saturated heterocycles. The number of nitrogens with one attached hydrogen (secondary N) is 2. The predicted molar refractivity (Wildman–Crippen MR) is 124 cm³/mol. The Balaban J connectivity index is 1.14. The first-order valence-electron chi connectivity index (χ1n) is 11.3. The molecule has 2 aromatic heterocycles. The van der Waals surface area contributed by atoms with Crippen LogP contribution < -0.4 is 20.1 Å². The van der Waals surface area contributed by atoms with Gasteiger partial charge in [0.05, 0.1) is 12.2 Å². The number of nitrogens with zero attached hydrogens (tertiary/aromatic N) is 3. The van der Waals surface area contributed by atoms with Crippen LogP contribution in [0.3, 0.4) is 0 Å². The molecule has 0 radical (unpaired) electrons. The van der Waals surface area contributed by atoms with Crippen molar-refractivity contribution in [2.75, 3.05) is 38.4 Å². The van der Waals surface area contributed by atoms with E-state index in [9.17, 15) is 14.0 Å². The second kappa shape index (κ2) is 10.1. The Bertz CT molecular complexity index is 1260. The summed E-state index contributed by atoms with van der Waals surface area (Å²) < 4.78 is 28.7. The molecule has 2 aliphatic rings. The molecule has 3 aromatic rings. The minimum absolute atomic E-state index is 0.00194. The third kappa shape index (κ3) is 4.94. The van der Waals surface area contributed by atoms with Gasteiger partial charge in [-0.25, -0.2) is 14.2 Å². The van der Waals surface area contributed by atoms with Crippen molar-refractivity contribution >= 4 is 28.7 Å². The van der Waals surface area contributed by atoms with Crippen molar-refractivity contribution in [2.24, 2.45) is 0 Å². The summed E-state index contributed by atoms with van der Waals surface area (Å²) in [5.41, 5.74) is 2.11. The Labute approximate surface area is 200 Å². The minimum atomic E-state index is -0.946. The monoisotopic (exact) mass is 481 g/mol. The fraction of sp³-hybridized carbons (Fsp3) is 0.333. The fourth-order valence-electron chi connectivity index (χ4n) is 4.19. The van der Waals surface area contributed by atoms with Crippen molar-refractivity contribution in [3.05, 3.63) is 53.9 Å². The van der Waals surface area contributed by atoms with Gasteiger partial charge < -0.3 is 29.7 Å². The van der Waals surface area contributed by atoms with Crippen molar-refractivity contribution in [3.8, 4) is 11.5 Å². The van der Waals surface area contributed by atoms with Gasteiger partial charge in [0.25, 0.3) is 5.91 Å². The highest BCUT2D eigenvalue weighted by molar-refractivity contribution is 5.94. The van der Waals surface area contributed by atoms with Gasteiger partial charge in [-0.15, -0.1) is 0 Å². The highest BCUT2D eigenvalue weighted by Crippen LogP contribution is 2.34. The van der Waals surface area contributed by atoms with Gasteiger partial charge in [0.2, 0.25) is 6.86 Å². The van der Waals surface area contributed by atoms with Crippen LogP contribution >= 0.6 is 0 Å². The average Bonchev–Trinajstić information content (AvgIpc) is 3.23. The van der Waals surface area contributed by atoms with Crippen LogP contribution in [0.25, 0.3) is 10.9 Å². The number of para-hydroxylation sites is 1. The minimum Gasteiger partial charge on any atom is -0.480 e. The molecule has 2 aliphatic heterocycles. The van der Waals surface area contributed by atoms with E-state index in [1.807, 2.05) is 18.2 Å². The van der Waals surface area contributed by atoms with E-state index in [0.29, 0.717) is 49.0 Å². The Morgan fingerprint density at radius 2 is 2.14 bits per heavy atom. The van der Waals surface area contributed by atoms with Crippen LogP contribution in [0.5, 0.6) is 11.5 Å². The summed E-state index contributed by atoms with van der Waals surface area (Å²) in [4.78, 5) is 34.3. The van der Waals surface area contributed by atoms with Crippen LogP contribution in [0.15, 0.2) is 42.6 Å². The zero-order valence-corrected chi connectivity index (χ0v) is 18.8. The first-order valence-corrected chi connectivity index (χ1v) is 11.3. The van der Waals surface area contributed by atoms with Crippen LogP contribution in [0, 0.1) is 0 Å². The molecule has 35 heavy (non-hydrogen) atoms. The Morgan fingerprint density at radius 3 is 3.03 bits per heavy atom. The van der Waals surface area contributed by atoms with Gasteiger partial charge in [-0.2, -0.15) is 0 Å². The van der Waals surface area contributed by atoms with Crippen molar-refractivity contribution in [1.29, 1.82) is 0 Å². The predicted octanol–water partition coefficient (Wildman–Crippen LogP) is 2.94. The molecule has 1 aromatic carbocycles. The number of cyclic esters (lactones) is 1. The number of hydrogen-bond donors (Lipinski definition) is 2. The molecule has 5 rings (SSSR count). The van der Waals surface area contributed by atoms with E-state index in [1.54, 1.807) is 29.3 Å². The second-order valence-electron chi connectivity index (χ2n) is 8.14. The van der Waals surface area contributed by atoms with Crippen molar-refractivity contribution in [2.45, 2.75) is 19.1 Å². The molecule has 11 heteroatoms. The number of aromatic nitrogens is 2. The maximum Gasteiger partial charge on any atom is 0.410 e. The zero-order chi connectivity index (χ0) is 24.2. The van der Waals surface area contributed by atoms with Crippen molar-refractivity contribution in [3.63, 3.8) is 0 Å². The topological polar surface area (TPSA) is 115 Å². The van der Waals surface area contributed by atoms with Crippen molar-refractivity contribution < 1.29 is 28.2 Å². The van der Waals surface area contributed by atoms with Gasteiger partial charge in [0.1, 0.15) is 17.4 Å². The van der Waals surface area contributed by atoms with Gasteiger partial charge in [-0.05, 0) is 37.2 Å². The van der Waals surface area contributed by atoms with Crippen LogP contribution in [0.4, 0.5) is 15.0 Å². The number of alkyl halides is 1. The molecule has 0 saturated carbocycles. The number of anilines is 1. The Hall–Kier alpha value is -3.99. The molecule has 182 valence electrons. The smallest absolute Gasteiger partial charge is 0.410 e. The molecular formula is C24H24FN5O5. The number of carbonyl (C=O) groups excluding carboxylic acids is 2. The molecule has 2 amide bonds. The fourth-order valence-corrected chi connectivity index (χ4v) is 4.19. The molecule has 4 heterocycles. The molecule has 0 aliphatic carbocycles. The lowest BCUT2D eigenvalue weighted by Crippen LogP contribution is -2.28. The van der Waals surface area contributed by atoms with E-state index in [2.05, 4.69) is 20.6 Å². The first kappa shape index (κ1) is 22.8. The molecule has 10 nitrogen and oxygen atoms in total. The number of benzene rings is 1. The summed E-state index contributed by atoms with van der Waals surface area (Å²) in [6.45, 7) is 1.18. The van der Waals surface area contributed by atoms with Crippen LogP contribution in [-0.4, -0.2) is 60.0 Å². The Morgan fingerprint density at radius 1 is 1.23 bits per heavy atom. The molecule has 1 atom stereocenters. The summed E-state index contributed by atoms with van der Waals surface area (Å²) in [5.74, 6) is 1.11. The molecule has 0 bridgehead atoms. The van der Waals surface area contributed by atoms with E-state index in [1.165, 1.54) is 0 Å². The largest absolute Gasteiger partial charge is 0.480 e. The number of pyridine rings is 2. The second-order valence-corrected chi connectivity index (χ2v) is 8.14. The molecule has 0 spiro atoms. The van der Waals surface area contributed by atoms with Crippen molar-refractivity contribution in [1.82, 2.24) is 20.2 Å². The zero-order valence-electron chi connectivity index (χ0n) is 18.8. The van der Waals surface area contributed by atoms with Gasteiger partial charge in [-0.3, -0.25) is 9.78 Å². The van der Waals surface area contributed by atoms with E-state index >= 15 is 0 Å². The maximum absolute atomic E-state index is 12.7. The standard InChI is InChI=1S/C24H24FN5O5/c25-14-34-18-4-1-3-17-16(7-9-27-22(17)18)20-12-30(24(32)35-20)10-2-8-26-11-15-5-6-19-23(28-15)29-21(31)13-33-19/h1,3-7,9,20,26H,2,8,10-14H2,(H,28,29,31). The molecule has 1 unspecified atom stereocenters. The van der Waals surface area contributed by atoms with E-state index in [4.69, 9.17) is 14.2 Å². The lowest BCUT2D eigenvalue weighted by molar-refractivity contribution is -0.118. The number of amides is 2. The number of ether oxygens (including phenoxy) is 3. The SMILES string of the molecule is O=C1COc2ccc(CNCCCN3CC(c4ccnc5c(OCF)cccc45)OC3=O)nc2N1. The number of carbonyl (C=O) groups is 2. The van der Waals surface area contributed by atoms with Crippen LogP contribution in [-0.2, 0) is 16.1 Å². The maximum atomic E-state index is 12.7. The van der Waals surface area contributed by atoms with Gasteiger partial charge in [0.15, 0.2) is 18.2 Å². The highest BCUT2D eigenvalue weighted by Gasteiger charge is 2.33. The summed E-state index contributed by atoms with van der Waals surface area (Å²) in [6, 6.07) is 10.7. The summed E-state index contributed by atoms with van der Waals surface area (Å²) in [6.07, 6.45) is 1.51. The van der Waals surface area contributed by atoms with Crippen LogP contribution in [0.2, 0.25) is 0 Å². The first-order chi connectivity index (χ1) is 17.1. The number of fused-ring (bicyclic) bond motifs is 2. The van der Waals surface area contributed by atoms with Gasteiger partial charge in [0, 0.05) is 30.2 Å². The summed E-state index contributed by atoms with van der Waals surface area (Å²) >= 11 is 0. The highest BCUT2D eigenvalue weighted by atomic mass is 19.1. The summed E-state index contributed by atoms with van der Waals surface area (Å²) in [5, 5.41) is 6.75. The van der Waals surface area contributed by atoms with E-state index in [-0.39, 0.29) is 18.6 Å².